The summed E-state index contributed by atoms with van der Waals surface area (Å²) in [4.78, 5) is 87.7. The van der Waals surface area contributed by atoms with Crippen LogP contribution < -0.4 is 21.3 Å². The van der Waals surface area contributed by atoms with Crippen LogP contribution in [0, 0.1) is 27.1 Å². The zero-order valence-corrected chi connectivity index (χ0v) is 34.9. The number of ketones is 1. The first-order valence-electron chi connectivity index (χ1n) is 21.0. The van der Waals surface area contributed by atoms with Crippen molar-refractivity contribution in [3.63, 3.8) is 0 Å². The number of carbonyl (C=O) groups excluding carboxylic acids is 6. The molecule has 5 rings (SSSR count). The maximum Gasteiger partial charge on any atom is 0.289 e. The minimum atomic E-state index is -1.00. The van der Waals surface area contributed by atoms with Crippen molar-refractivity contribution < 1.29 is 28.8 Å². The van der Waals surface area contributed by atoms with Gasteiger partial charge in [-0.1, -0.05) is 88.5 Å². The van der Waals surface area contributed by atoms with Gasteiger partial charge in [-0.2, -0.15) is 0 Å². The Kier molecular flexibility index (Phi) is 12.1. The molecule has 2 spiro atoms. The van der Waals surface area contributed by atoms with Crippen molar-refractivity contribution >= 4 is 35.3 Å². The minimum Gasteiger partial charge on any atom is -0.347 e. The van der Waals surface area contributed by atoms with Gasteiger partial charge in [0.2, 0.25) is 29.4 Å². The maximum atomic E-state index is 15.0. The largest absolute Gasteiger partial charge is 0.347 e. The van der Waals surface area contributed by atoms with Gasteiger partial charge in [0.05, 0.1) is 12.1 Å². The van der Waals surface area contributed by atoms with Crippen LogP contribution in [0.1, 0.15) is 146 Å². The molecule has 2 saturated heterocycles. The van der Waals surface area contributed by atoms with Gasteiger partial charge in [-0.15, -0.1) is 0 Å². The van der Waals surface area contributed by atoms with Gasteiger partial charge >= 0.3 is 0 Å². The SMILES string of the molecule is CCCC(NC(=O)[C@@H]1C[C@@]2(CN1C(=O)[C@@H](NC(=O)[C@@H](NC(=O)[C@H]1CCCCN1CC)C(C)(C)C)C(C)(C)C)C(C)(C)C21CCC1)C(=O)C(=O)NC1CCC1. The lowest BCUT2D eigenvalue weighted by atomic mass is 9.73. The molecule has 12 nitrogen and oxygen atoms in total. The summed E-state index contributed by atoms with van der Waals surface area (Å²) in [6.45, 7) is 21.8. The van der Waals surface area contributed by atoms with Crippen LogP contribution in [-0.4, -0.2) is 101 Å². The maximum absolute atomic E-state index is 15.0. The Morgan fingerprint density at radius 3 is 1.87 bits per heavy atom. The van der Waals surface area contributed by atoms with E-state index >= 15 is 4.79 Å². The Bertz CT molecular complexity index is 1470. The molecule has 0 bridgehead atoms. The lowest BCUT2D eigenvalue weighted by molar-refractivity contribution is -0.146. The van der Waals surface area contributed by atoms with Gasteiger partial charge < -0.3 is 26.2 Å². The second-order valence-electron chi connectivity index (χ2n) is 19.9. The van der Waals surface area contributed by atoms with Crippen molar-refractivity contribution in [3.05, 3.63) is 0 Å². The molecule has 0 radical (unpaired) electrons. The fraction of sp³-hybridized carbons (Fsp3) is 0.857. The molecular formula is C42H70N6O6. The van der Waals surface area contributed by atoms with Gasteiger partial charge in [-0.25, -0.2) is 0 Å². The number of hydrogen-bond acceptors (Lipinski definition) is 7. The third kappa shape index (κ3) is 7.58. The third-order valence-electron chi connectivity index (χ3n) is 14.4. The first-order chi connectivity index (χ1) is 25.2. The molecule has 304 valence electrons. The Hall–Kier alpha value is -3.02. The average Bonchev–Trinajstić information content (AvgIpc) is 3.27. The summed E-state index contributed by atoms with van der Waals surface area (Å²) in [5, 5.41) is 11.9. The van der Waals surface area contributed by atoms with E-state index in [4.69, 9.17) is 0 Å². The van der Waals surface area contributed by atoms with E-state index < -0.39 is 58.5 Å². The van der Waals surface area contributed by atoms with Gasteiger partial charge in [0.25, 0.3) is 5.91 Å². The van der Waals surface area contributed by atoms with Crippen LogP contribution in [-0.2, 0) is 28.8 Å². The standard InChI is InChI=1S/C42H70N6O6/c1-11-17-27(30(49)35(52)43-26-18-15-19-26)44-34(51)29-24-42(40(9,10)41(42)21-16-22-41)25-48(29)37(54)32(39(6,7)8)46-36(53)31(38(3,4)5)45-33(50)28-20-13-14-23-47(28)12-2/h26-29,31-32H,11-25H2,1-10H3,(H,43,52)(H,44,51)(H,45,50)(H,46,53)/t27?,28-,29+,31-,32-,42-/m1/s1. The number of nitrogens with one attached hydrogen (secondary N) is 4. The number of likely N-dealkylation sites (N-methyl/N-ethyl adjacent to an activating group) is 1. The van der Waals surface area contributed by atoms with E-state index in [2.05, 4.69) is 40.0 Å². The second-order valence-corrected chi connectivity index (χ2v) is 19.9. The molecule has 3 saturated carbocycles. The molecule has 2 aliphatic heterocycles. The molecule has 1 unspecified atom stereocenters. The molecule has 5 fully saturated rings. The van der Waals surface area contributed by atoms with Gasteiger partial charge in [0.1, 0.15) is 18.1 Å². The summed E-state index contributed by atoms with van der Waals surface area (Å²) in [7, 11) is 0. The third-order valence-corrected chi connectivity index (χ3v) is 14.4. The number of hydrogen-bond donors (Lipinski definition) is 4. The van der Waals surface area contributed by atoms with Crippen LogP contribution in [0.4, 0.5) is 0 Å². The number of Topliss-reactive ketones (excluding diaryl/α,β-unsaturated/α-hetero) is 1. The van der Waals surface area contributed by atoms with E-state index in [1.54, 1.807) is 4.90 Å². The van der Waals surface area contributed by atoms with Crippen molar-refractivity contribution in [3.8, 4) is 0 Å². The lowest BCUT2D eigenvalue weighted by Crippen LogP contribution is -2.63. The summed E-state index contributed by atoms with van der Waals surface area (Å²) in [5.41, 5.74) is -1.74. The van der Waals surface area contributed by atoms with Gasteiger partial charge in [-0.05, 0) is 92.5 Å². The van der Waals surface area contributed by atoms with E-state index in [0.29, 0.717) is 25.8 Å². The van der Waals surface area contributed by atoms with Crippen molar-refractivity contribution in [2.45, 2.75) is 183 Å². The van der Waals surface area contributed by atoms with E-state index in [1.165, 1.54) is 0 Å². The average molecular weight is 755 g/mol. The quantitative estimate of drug-likeness (QED) is 0.205. The number of carbonyl (C=O) groups is 6. The Labute approximate surface area is 323 Å². The molecule has 0 aromatic heterocycles. The first-order valence-corrected chi connectivity index (χ1v) is 21.0. The Balaban J connectivity index is 1.40. The predicted molar refractivity (Wildman–Crippen MR) is 208 cm³/mol. The topological polar surface area (TPSA) is 157 Å². The molecule has 54 heavy (non-hydrogen) atoms. The number of fused-ring (bicyclic) bond motifs is 1. The van der Waals surface area contributed by atoms with Gasteiger partial charge in [0.15, 0.2) is 0 Å². The summed E-state index contributed by atoms with van der Waals surface area (Å²) < 4.78 is 0. The number of piperidine rings is 1. The molecule has 6 atom stereocenters. The number of likely N-dealkylation sites (tertiary alicyclic amines) is 2. The number of rotatable bonds is 13. The van der Waals surface area contributed by atoms with Crippen molar-refractivity contribution in [2.75, 3.05) is 19.6 Å². The van der Waals surface area contributed by atoms with Crippen LogP contribution in [0.15, 0.2) is 0 Å². The summed E-state index contributed by atoms with van der Waals surface area (Å²) in [6.07, 6.45) is 9.95. The van der Waals surface area contributed by atoms with E-state index in [-0.39, 0.29) is 40.1 Å². The molecule has 5 amide bonds. The molecule has 3 aliphatic carbocycles. The van der Waals surface area contributed by atoms with Crippen molar-refractivity contribution in [1.29, 1.82) is 0 Å². The zero-order valence-electron chi connectivity index (χ0n) is 34.9. The van der Waals surface area contributed by atoms with E-state index in [1.807, 2.05) is 55.4 Å². The molecule has 0 aromatic carbocycles. The van der Waals surface area contributed by atoms with Crippen LogP contribution in [0.25, 0.3) is 0 Å². The molecule has 4 N–H and O–H groups in total. The highest BCUT2D eigenvalue weighted by Crippen LogP contribution is 2.88. The molecule has 5 aliphatic rings. The second kappa shape index (κ2) is 15.5. The molecule has 12 heteroatoms. The van der Waals surface area contributed by atoms with Gasteiger partial charge in [-0.3, -0.25) is 33.7 Å². The molecular weight excluding hydrogens is 684 g/mol. The lowest BCUT2D eigenvalue weighted by Gasteiger charge is -2.39. The Morgan fingerprint density at radius 2 is 1.37 bits per heavy atom. The minimum absolute atomic E-state index is 0.00738. The van der Waals surface area contributed by atoms with Crippen LogP contribution in [0.3, 0.4) is 0 Å². The fourth-order valence-electron chi connectivity index (χ4n) is 10.5. The van der Waals surface area contributed by atoms with Crippen molar-refractivity contribution in [2.24, 2.45) is 27.1 Å². The normalized spacial score (nSPS) is 27.9. The monoisotopic (exact) mass is 755 g/mol. The Morgan fingerprint density at radius 1 is 0.741 bits per heavy atom. The smallest absolute Gasteiger partial charge is 0.289 e. The van der Waals surface area contributed by atoms with E-state index in [0.717, 1.165) is 70.9 Å². The summed E-state index contributed by atoms with van der Waals surface area (Å²) in [6, 6.07) is -4.09. The summed E-state index contributed by atoms with van der Waals surface area (Å²) >= 11 is 0. The van der Waals surface area contributed by atoms with E-state index in [9.17, 15) is 24.0 Å². The molecule has 2 heterocycles. The van der Waals surface area contributed by atoms with Crippen LogP contribution in [0.5, 0.6) is 0 Å². The highest BCUT2D eigenvalue weighted by Gasteiger charge is 2.85. The first kappa shape index (κ1) is 42.1. The highest BCUT2D eigenvalue weighted by atomic mass is 16.2. The molecule has 0 aromatic rings. The van der Waals surface area contributed by atoms with Crippen LogP contribution >= 0.6 is 0 Å². The number of nitrogens with zero attached hydrogens (tertiary/aromatic N) is 2. The summed E-state index contributed by atoms with van der Waals surface area (Å²) in [5.74, 6) is -2.74. The highest BCUT2D eigenvalue weighted by molar-refractivity contribution is 6.38. The van der Waals surface area contributed by atoms with Gasteiger partial charge in [0, 0.05) is 18.0 Å². The number of amides is 5. The van der Waals surface area contributed by atoms with Crippen LogP contribution in [0.2, 0.25) is 0 Å². The van der Waals surface area contributed by atoms with Crippen molar-refractivity contribution in [1.82, 2.24) is 31.1 Å². The fourth-order valence-corrected chi connectivity index (χ4v) is 10.5. The zero-order chi connectivity index (χ0) is 40.0. The predicted octanol–water partition coefficient (Wildman–Crippen LogP) is 4.24.